The van der Waals surface area contributed by atoms with Gasteiger partial charge in [0.25, 0.3) is 0 Å². The van der Waals surface area contributed by atoms with E-state index in [0.717, 1.165) is 45.0 Å². The van der Waals surface area contributed by atoms with E-state index in [0.29, 0.717) is 12.3 Å². The minimum absolute atomic E-state index is 0. The van der Waals surface area contributed by atoms with E-state index in [2.05, 4.69) is 42.6 Å². The normalized spacial score (nSPS) is 16.7. The van der Waals surface area contributed by atoms with Crippen LogP contribution in [0.4, 0.5) is 0 Å². The highest BCUT2D eigenvalue weighted by Crippen LogP contribution is 2.23. The van der Waals surface area contributed by atoms with E-state index in [1.807, 2.05) is 11.8 Å². The summed E-state index contributed by atoms with van der Waals surface area (Å²) in [4.78, 5) is 18.6. The molecule has 1 heterocycles. The number of carbonyl (C=O) groups is 1. The van der Waals surface area contributed by atoms with Gasteiger partial charge in [-0.3, -0.25) is 9.79 Å². The predicted octanol–water partition coefficient (Wildman–Crippen LogP) is 2.56. The first-order chi connectivity index (χ1) is 10.4. The Morgan fingerprint density at radius 1 is 1.35 bits per heavy atom. The van der Waals surface area contributed by atoms with Crippen molar-refractivity contribution in [3.8, 4) is 0 Å². The van der Waals surface area contributed by atoms with Gasteiger partial charge in [0.05, 0.1) is 6.54 Å². The summed E-state index contributed by atoms with van der Waals surface area (Å²) < 4.78 is 0.165. The molecule has 0 atom stereocenters. The number of rotatable bonds is 6. The van der Waals surface area contributed by atoms with E-state index in [9.17, 15) is 4.79 Å². The van der Waals surface area contributed by atoms with E-state index < -0.39 is 0 Å². The fourth-order valence-electron chi connectivity index (χ4n) is 2.47. The Hall–Kier alpha value is -0.180. The number of thioether (sulfide) groups is 1. The van der Waals surface area contributed by atoms with Crippen molar-refractivity contribution < 1.29 is 4.79 Å². The Balaban J connectivity index is 0.00000484. The maximum Gasteiger partial charge on any atom is 0.220 e. The average Bonchev–Trinajstić information content (AvgIpc) is 2.52. The van der Waals surface area contributed by atoms with Gasteiger partial charge in [-0.15, -0.1) is 24.0 Å². The molecule has 1 aliphatic heterocycles. The van der Waals surface area contributed by atoms with Gasteiger partial charge in [0.1, 0.15) is 0 Å². The van der Waals surface area contributed by atoms with E-state index >= 15 is 0 Å². The van der Waals surface area contributed by atoms with Gasteiger partial charge in [0, 0.05) is 37.8 Å². The molecule has 0 spiro atoms. The molecule has 23 heavy (non-hydrogen) atoms. The Bertz CT molecular complexity index is 382. The van der Waals surface area contributed by atoms with E-state index in [1.165, 1.54) is 0 Å². The van der Waals surface area contributed by atoms with E-state index in [4.69, 9.17) is 4.99 Å². The highest BCUT2D eigenvalue weighted by Gasteiger charge is 2.24. The molecule has 1 aliphatic rings. The van der Waals surface area contributed by atoms with Gasteiger partial charge in [0.15, 0.2) is 5.96 Å². The second-order valence-electron chi connectivity index (χ2n) is 6.44. The Morgan fingerprint density at radius 2 is 1.96 bits per heavy atom. The minimum atomic E-state index is 0. The summed E-state index contributed by atoms with van der Waals surface area (Å²) in [6, 6.07) is 0. The maximum atomic E-state index is 11.5. The molecule has 0 aromatic rings. The van der Waals surface area contributed by atoms with Crippen LogP contribution in [-0.4, -0.2) is 61.0 Å². The second-order valence-corrected chi connectivity index (χ2v) is 7.96. The van der Waals surface area contributed by atoms with Crippen molar-refractivity contribution in [1.29, 1.82) is 0 Å². The van der Waals surface area contributed by atoms with Gasteiger partial charge in [-0.2, -0.15) is 11.8 Å². The molecule has 1 fully saturated rings. The molecule has 0 radical (unpaired) electrons. The lowest BCUT2D eigenvalue weighted by Gasteiger charge is -2.34. The highest BCUT2D eigenvalue weighted by atomic mass is 127. The van der Waals surface area contributed by atoms with Gasteiger partial charge in [-0.1, -0.05) is 0 Å². The number of guanidine groups is 1. The van der Waals surface area contributed by atoms with Crippen LogP contribution in [0.25, 0.3) is 0 Å². The third kappa shape index (κ3) is 8.47. The van der Waals surface area contributed by atoms with Crippen LogP contribution < -0.4 is 10.6 Å². The minimum Gasteiger partial charge on any atom is -0.359 e. The van der Waals surface area contributed by atoms with Gasteiger partial charge in [-0.25, -0.2) is 0 Å². The smallest absolute Gasteiger partial charge is 0.220 e. The number of hydrogen-bond acceptors (Lipinski definition) is 3. The topological polar surface area (TPSA) is 56.7 Å². The number of aliphatic imine (C=N–C) groups is 1. The molecule has 0 aromatic heterocycles. The molecule has 1 rings (SSSR count). The lowest BCUT2D eigenvalue weighted by molar-refractivity contribution is -0.121. The lowest BCUT2D eigenvalue weighted by atomic mass is 9.93. The third-order valence-electron chi connectivity index (χ3n) is 4.16. The number of hydrogen-bond donors (Lipinski definition) is 2. The summed E-state index contributed by atoms with van der Waals surface area (Å²) in [5.41, 5.74) is 0. The molecular formula is C16H33IN4OS. The number of nitrogens with zero attached hydrogens (tertiary/aromatic N) is 2. The SMILES string of the molecule is CCNC(=NCC(C)(C)SC)N1CCC(CC(=O)NC)CC1.I. The van der Waals surface area contributed by atoms with Crippen LogP contribution in [0, 0.1) is 5.92 Å². The molecule has 0 bridgehead atoms. The van der Waals surface area contributed by atoms with Crippen LogP contribution in [0.5, 0.6) is 0 Å². The number of likely N-dealkylation sites (tertiary alicyclic amines) is 1. The zero-order valence-electron chi connectivity index (χ0n) is 15.1. The Labute approximate surface area is 162 Å². The summed E-state index contributed by atoms with van der Waals surface area (Å²) in [7, 11) is 1.71. The van der Waals surface area contributed by atoms with Crippen molar-refractivity contribution in [2.24, 2.45) is 10.9 Å². The molecule has 0 unspecified atom stereocenters. The Kier molecular flexibility index (Phi) is 11.3. The fraction of sp³-hybridized carbons (Fsp3) is 0.875. The highest BCUT2D eigenvalue weighted by molar-refractivity contribution is 14.0. The summed E-state index contributed by atoms with van der Waals surface area (Å²) in [5.74, 6) is 1.67. The monoisotopic (exact) mass is 456 g/mol. The zero-order valence-corrected chi connectivity index (χ0v) is 18.3. The molecule has 0 aliphatic carbocycles. The zero-order chi connectivity index (χ0) is 16.6. The molecule has 136 valence electrons. The van der Waals surface area contributed by atoms with Crippen molar-refractivity contribution in [3.05, 3.63) is 0 Å². The standard InChI is InChI=1S/C16H32N4OS.HI/c1-6-18-15(19-12-16(2,3)22-5)20-9-7-13(8-10-20)11-14(21)17-4;/h13H,6-12H2,1-5H3,(H,17,21)(H,18,19);1H. The summed E-state index contributed by atoms with van der Waals surface area (Å²) in [5, 5.41) is 6.12. The van der Waals surface area contributed by atoms with Crippen molar-refractivity contribution in [1.82, 2.24) is 15.5 Å². The van der Waals surface area contributed by atoms with E-state index in [1.54, 1.807) is 7.05 Å². The van der Waals surface area contributed by atoms with Gasteiger partial charge in [0.2, 0.25) is 5.91 Å². The number of halogens is 1. The predicted molar refractivity (Wildman–Crippen MR) is 112 cm³/mol. The molecular weight excluding hydrogens is 423 g/mol. The van der Waals surface area contributed by atoms with Crippen LogP contribution in [0.15, 0.2) is 4.99 Å². The van der Waals surface area contributed by atoms with Crippen LogP contribution in [0.1, 0.15) is 40.0 Å². The number of carbonyl (C=O) groups excluding carboxylic acids is 1. The van der Waals surface area contributed by atoms with Gasteiger partial charge < -0.3 is 15.5 Å². The first kappa shape index (κ1) is 22.8. The van der Waals surface area contributed by atoms with Crippen LogP contribution in [0.2, 0.25) is 0 Å². The molecule has 2 N–H and O–H groups in total. The van der Waals surface area contributed by atoms with Gasteiger partial charge in [-0.05, 0) is 45.8 Å². The Morgan fingerprint density at radius 3 is 2.43 bits per heavy atom. The number of amides is 1. The largest absolute Gasteiger partial charge is 0.359 e. The van der Waals surface area contributed by atoms with Crippen LogP contribution in [0.3, 0.4) is 0 Å². The average molecular weight is 456 g/mol. The van der Waals surface area contributed by atoms with Crippen LogP contribution in [-0.2, 0) is 4.79 Å². The number of piperidine rings is 1. The van der Waals surface area contributed by atoms with Crippen LogP contribution >= 0.6 is 35.7 Å². The molecule has 0 saturated carbocycles. The van der Waals surface area contributed by atoms with Crippen molar-refractivity contribution in [2.75, 3.05) is 39.5 Å². The summed E-state index contributed by atoms with van der Waals surface area (Å²) >= 11 is 1.85. The first-order valence-corrected chi connectivity index (χ1v) is 9.43. The molecule has 0 aromatic carbocycles. The number of nitrogens with one attached hydrogen (secondary N) is 2. The molecule has 7 heteroatoms. The second kappa shape index (κ2) is 11.4. The quantitative estimate of drug-likeness (QED) is 0.367. The first-order valence-electron chi connectivity index (χ1n) is 8.20. The van der Waals surface area contributed by atoms with Crippen molar-refractivity contribution >= 4 is 47.6 Å². The lowest BCUT2D eigenvalue weighted by Crippen LogP contribution is -2.46. The molecule has 5 nitrogen and oxygen atoms in total. The summed E-state index contributed by atoms with van der Waals surface area (Å²) in [6.07, 6.45) is 4.90. The van der Waals surface area contributed by atoms with Crippen molar-refractivity contribution in [3.63, 3.8) is 0 Å². The third-order valence-corrected chi connectivity index (χ3v) is 5.40. The van der Waals surface area contributed by atoms with Gasteiger partial charge >= 0.3 is 0 Å². The maximum absolute atomic E-state index is 11.5. The van der Waals surface area contributed by atoms with E-state index in [-0.39, 0.29) is 34.6 Å². The molecule has 1 amide bonds. The van der Waals surface area contributed by atoms with Crippen molar-refractivity contribution in [2.45, 2.75) is 44.8 Å². The molecule has 1 saturated heterocycles. The fourth-order valence-corrected chi connectivity index (χ4v) is 2.66. The summed E-state index contributed by atoms with van der Waals surface area (Å²) in [6.45, 7) is 10.2.